The molecule has 4 rings (SSSR count). The van der Waals surface area contributed by atoms with Crippen LogP contribution in [0, 0.1) is 5.82 Å². The second kappa shape index (κ2) is 9.18. The highest BCUT2D eigenvalue weighted by Gasteiger charge is 2.47. The molecule has 1 aliphatic rings. The van der Waals surface area contributed by atoms with E-state index in [1.54, 1.807) is 0 Å². The Kier molecular flexibility index (Phi) is 6.42. The average Bonchev–Trinajstić information content (AvgIpc) is 3.09. The first-order valence-corrected chi connectivity index (χ1v) is 10.9. The molecule has 180 valence electrons. The van der Waals surface area contributed by atoms with Gasteiger partial charge in [0.25, 0.3) is 11.7 Å². The summed E-state index contributed by atoms with van der Waals surface area (Å²) in [5.41, 5.74) is -1.19. The predicted molar refractivity (Wildman–Crippen MR) is 123 cm³/mol. The number of amides is 1. The van der Waals surface area contributed by atoms with Crippen molar-refractivity contribution in [2.75, 3.05) is 12.0 Å². The van der Waals surface area contributed by atoms with Crippen molar-refractivity contribution in [3.8, 4) is 5.75 Å². The molecule has 0 radical (unpaired) electrons. The van der Waals surface area contributed by atoms with Crippen LogP contribution in [0.15, 0.2) is 76.8 Å². The summed E-state index contributed by atoms with van der Waals surface area (Å²) in [7, 11) is 1.44. The maximum Gasteiger partial charge on any atom is 0.416 e. The molecule has 1 amide bonds. The van der Waals surface area contributed by atoms with Gasteiger partial charge in [0.1, 0.15) is 17.3 Å². The second-order valence-electron chi connectivity index (χ2n) is 7.62. The van der Waals surface area contributed by atoms with Gasteiger partial charge in [-0.05, 0) is 70.0 Å². The number of Topliss-reactive ketones (excluding diaryl/α,β-unsaturated/α-hetero) is 1. The van der Waals surface area contributed by atoms with Crippen LogP contribution in [-0.4, -0.2) is 23.9 Å². The molecule has 1 heterocycles. The molecular formula is C25H16BrF4NO4. The van der Waals surface area contributed by atoms with Gasteiger partial charge in [-0.15, -0.1) is 0 Å². The Bertz CT molecular complexity index is 1350. The van der Waals surface area contributed by atoms with Crippen LogP contribution >= 0.6 is 15.9 Å². The van der Waals surface area contributed by atoms with E-state index in [2.05, 4.69) is 15.9 Å². The molecule has 1 aliphatic heterocycles. The number of halogens is 5. The van der Waals surface area contributed by atoms with Crippen molar-refractivity contribution in [3.63, 3.8) is 0 Å². The van der Waals surface area contributed by atoms with Gasteiger partial charge in [0.15, 0.2) is 0 Å². The molecule has 0 spiro atoms. The quantitative estimate of drug-likeness (QED) is 0.181. The maximum absolute atomic E-state index is 13.6. The molecule has 10 heteroatoms. The SMILES string of the molecule is COc1ccc(/C(O)=C2\C(=O)C(=O)N(c3cccc(C(F)(F)F)c3)C2c2ccc(F)cc2)cc1Br. The van der Waals surface area contributed by atoms with E-state index in [9.17, 15) is 32.3 Å². The predicted octanol–water partition coefficient (Wildman–Crippen LogP) is 6.24. The fourth-order valence-corrected chi connectivity index (χ4v) is 4.40. The van der Waals surface area contributed by atoms with Gasteiger partial charge in [-0.3, -0.25) is 14.5 Å². The Balaban J connectivity index is 1.94. The number of hydrogen-bond acceptors (Lipinski definition) is 4. The van der Waals surface area contributed by atoms with E-state index in [1.807, 2.05) is 0 Å². The molecule has 1 fully saturated rings. The molecule has 0 aliphatic carbocycles. The van der Waals surface area contributed by atoms with E-state index in [-0.39, 0.29) is 22.4 Å². The monoisotopic (exact) mass is 549 g/mol. The van der Waals surface area contributed by atoms with Crippen LogP contribution in [0.2, 0.25) is 0 Å². The van der Waals surface area contributed by atoms with E-state index in [0.29, 0.717) is 10.2 Å². The summed E-state index contributed by atoms with van der Waals surface area (Å²) >= 11 is 3.29. The largest absolute Gasteiger partial charge is 0.507 e. The number of carbonyl (C=O) groups is 2. The number of rotatable bonds is 4. The number of ether oxygens (including phenoxy) is 1. The Morgan fingerprint density at radius 2 is 1.71 bits per heavy atom. The topological polar surface area (TPSA) is 66.8 Å². The molecule has 0 saturated carbocycles. The van der Waals surface area contributed by atoms with Gasteiger partial charge in [0.05, 0.1) is 28.8 Å². The summed E-state index contributed by atoms with van der Waals surface area (Å²) in [4.78, 5) is 27.1. The molecule has 3 aromatic carbocycles. The number of benzene rings is 3. The highest BCUT2D eigenvalue weighted by atomic mass is 79.9. The lowest BCUT2D eigenvalue weighted by molar-refractivity contribution is -0.137. The first-order valence-electron chi connectivity index (χ1n) is 10.1. The molecule has 1 atom stereocenters. The van der Waals surface area contributed by atoms with Crippen molar-refractivity contribution in [2.45, 2.75) is 12.2 Å². The third kappa shape index (κ3) is 4.53. The number of anilines is 1. The smallest absolute Gasteiger partial charge is 0.416 e. The summed E-state index contributed by atoms with van der Waals surface area (Å²) in [6.45, 7) is 0. The van der Waals surface area contributed by atoms with Crippen LogP contribution in [0.4, 0.5) is 23.2 Å². The molecule has 35 heavy (non-hydrogen) atoms. The highest BCUT2D eigenvalue weighted by Crippen LogP contribution is 2.44. The van der Waals surface area contributed by atoms with Crippen molar-refractivity contribution in [3.05, 3.63) is 99.3 Å². The normalized spacial score (nSPS) is 17.7. The second-order valence-corrected chi connectivity index (χ2v) is 8.47. The van der Waals surface area contributed by atoms with Crippen LogP contribution in [0.1, 0.15) is 22.7 Å². The first-order chi connectivity index (χ1) is 16.5. The Morgan fingerprint density at radius 1 is 1.03 bits per heavy atom. The number of nitrogens with zero attached hydrogens (tertiary/aromatic N) is 1. The van der Waals surface area contributed by atoms with Crippen molar-refractivity contribution in [2.24, 2.45) is 0 Å². The van der Waals surface area contributed by atoms with Gasteiger partial charge < -0.3 is 9.84 Å². The van der Waals surface area contributed by atoms with E-state index >= 15 is 0 Å². The van der Waals surface area contributed by atoms with Gasteiger partial charge >= 0.3 is 6.18 Å². The zero-order chi connectivity index (χ0) is 25.5. The lowest BCUT2D eigenvalue weighted by Crippen LogP contribution is -2.29. The molecule has 1 unspecified atom stereocenters. The summed E-state index contributed by atoms with van der Waals surface area (Å²) in [5.74, 6) is -2.92. The van der Waals surface area contributed by atoms with Crippen LogP contribution in [0.3, 0.4) is 0 Å². The minimum absolute atomic E-state index is 0.159. The number of aliphatic hydroxyl groups is 1. The Labute approximate surface area is 205 Å². The lowest BCUT2D eigenvalue weighted by Gasteiger charge is -2.26. The van der Waals surface area contributed by atoms with Crippen LogP contribution in [0.25, 0.3) is 5.76 Å². The highest BCUT2D eigenvalue weighted by molar-refractivity contribution is 9.10. The number of ketones is 1. The lowest BCUT2D eigenvalue weighted by atomic mass is 9.95. The van der Waals surface area contributed by atoms with Crippen LogP contribution < -0.4 is 9.64 Å². The zero-order valence-electron chi connectivity index (χ0n) is 17.9. The number of aliphatic hydroxyl groups excluding tert-OH is 1. The van der Waals surface area contributed by atoms with E-state index in [0.717, 1.165) is 35.2 Å². The fraction of sp³-hybridized carbons (Fsp3) is 0.120. The molecule has 0 aromatic heterocycles. The van der Waals surface area contributed by atoms with Crippen molar-refractivity contribution >= 4 is 39.1 Å². The van der Waals surface area contributed by atoms with Gasteiger partial charge in [0.2, 0.25) is 0 Å². The van der Waals surface area contributed by atoms with Crippen LogP contribution in [-0.2, 0) is 15.8 Å². The van der Waals surface area contributed by atoms with Crippen molar-refractivity contribution in [1.82, 2.24) is 0 Å². The van der Waals surface area contributed by atoms with Crippen molar-refractivity contribution < 1.29 is 37.0 Å². The number of hydrogen-bond donors (Lipinski definition) is 1. The third-order valence-corrected chi connectivity index (χ3v) is 6.13. The number of methoxy groups -OCH3 is 1. The third-order valence-electron chi connectivity index (χ3n) is 5.51. The van der Waals surface area contributed by atoms with Gasteiger partial charge in [-0.2, -0.15) is 13.2 Å². The summed E-state index contributed by atoms with van der Waals surface area (Å²) in [5, 5.41) is 11.1. The fourth-order valence-electron chi connectivity index (χ4n) is 3.86. The van der Waals surface area contributed by atoms with Crippen LogP contribution in [0.5, 0.6) is 5.75 Å². The Hall–Kier alpha value is -3.66. The van der Waals surface area contributed by atoms with Gasteiger partial charge in [-0.25, -0.2) is 4.39 Å². The summed E-state index contributed by atoms with van der Waals surface area (Å²) in [6.07, 6.45) is -4.69. The van der Waals surface area contributed by atoms with E-state index in [4.69, 9.17) is 4.74 Å². The van der Waals surface area contributed by atoms with E-state index in [1.165, 1.54) is 43.5 Å². The molecule has 3 aromatic rings. The molecule has 1 N–H and O–H groups in total. The van der Waals surface area contributed by atoms with E-state index < -0.39 is 41.0 Å². The van der Waals surface area contributed by atoms with Crippen molar-refractivity contribution in [1.29, 1.82) is 0 Å². The Morgan fingerprint density at radius 3 is 2.31 bits per heavy atom. The molecule has 5 nitrogen and oxygen atoms in total. The van der Waals surface area contributed by atoms with Gasteiger partial charge in [0, 0.05) is 11.3 Å². The average molecular weight is 550 g/mol. The zero-order valence-corrected chi connectivity index (χ0v) is 19.5. The summed E-state index contributed by atoms with van der Waals surface area (Å²) < 4.78 is 59.3. The number of alkyl halides is 3. The molecule has 0 bridgehead atoms. The number of carbonyl (C=O) groups excluding carboxylic acids is 2. The maximum atomic E-state index is 13.6. The first kappa shape index (κ1) is 24.5. The van der Waals surface area contributed by atoms with Gasteiger partial charge in [-0.1, -0.05) is 18.2 Å². The standard InChI is InChI=1S/C25H16BrF4NO4/c1-35-19-10-7-14(11-18(19)26)22(32)20-21(13-5-8-16(27)9-6-13)31(24(34)23(20)33)17-4-2-3-15(12-17)25(28,29)30/h2-12,21,32H,1H3/b22-20+. The molecular weight excluding hydrogens is 534 g/mol. The summed E-state index contributed by atoms with van der Waals surface area (Å²) in [6, 6.07) is 11.8. The minimum atomic E-state index is -4.69. The minimum Gasteiger partial charge on any atom is -0.507 e. The molecule has 1 saturated heterocycles.